The zero-order chi connectivity index (χ0) is 21.0. The molecule has 154 valence electrons. The number of amides is 1. The van der Waals surface area contributed by atoms with Gasteiger partial charge in [0.05, 0.1) is 19.4 Å². The van der Waals surface area contributed by atoms with E-state index < -0.39 is 26.4 Å². The van der Waals surface area contributed by atoms with Gasteiger partial charge in [0.15, 0.2) is 0 Å². The van der Waals surface area contributed by atoms with Gasteiger partial charge in [-0.3, -0.25) is 19.5 Å². The van der Waals surface area contributed by atoms with Gasteiger partial charge in [0, 0.05) is 19.3 Å². The van der Waals surface area contributed by atoms with Gasteiger partial charge in [0.25, 0.3) is 0 Å². The molecule has 4 N–H and O–H groups in total. The van der Waals surface area contributed by atoms with Gasteiger partial charge < -0.3 is 24.5 Å². The minimum atomic E-state index is -4.10. The van der Waals surface area contributed by atoms with Gasteiger partial charge in [-0.2, -0.15) is 0 Å². The van der Waals surface area contributed by atoms with Crippen molar-refractivity contribution in [1.29, 1.82) is 0 Å². The Morgan fingerprint density at radius 3 is 2.22 bits per heavy atom. The zero-order valence-corrected chi connectivity index (χ0v) is 17.2. The molecule has 1 aromatic carbocycles. The summed E-state index contributed by atoms with van der Waals surface area (Å²) < 4.78 is 15.1. The summed E-state index contributed by atoms with van der Waals surface area (Å²) in [5.74, 6) is -1.26. The second-order valence-corrected chi connectivity index (χ2v) is 7.47. The molecule has 1 amide bonds. The Labute approximate surface area is 163 Å². The van der Waals surface area contributed by atoms with Gasteiger partial charge in [-0.25, -0.2) is 0 Å². The molecule has 0 fully saturated rings. The molecule has 1 aromatic rings. The SMILES string of the molecule is COCCN(C(=O)CCl)c1c(C)cccc1C.O=C(O)CNCP(=O)(O)O. The Balaban J connectivity index is 0.000000580. The molecule has 0 bridgehead atoms. The normalized spacial score (nSPS) is 10.7. The van der Waals surface area contributed by atoms with E-state index in [1.165, 1.54) is 0 Å². The molecule has 9 nitrogen and oxygen atoms in total. The molecule has 0 aliphatic rings. The lowest BCUT2D eigenvalue weighted by atomic mass is 10.1. The molecule has 0 heterocycles. The Kier molecular flexibility index (Phi) is 12.1. The van der Waals surface area contributed by atoms with E-state index >= 15 is 0 Å². The van der Waals surface area contributed by atoms with Gasteiger partial charge in [0.2, 0.25) is 5.91 Å². The summed E-state index contributed by atoms with van der Waals surface area (Å²) in [4.78, 5) is 39.7. The molecule has 0 aromatic heterocycles. The van der Waals surface area contributed by atoms with Crippen LogP contribution in [0.1, 0.15) is 11.1 Å². The fourth-order valence-electron chi connectivity index (χ4n) is 2.16. The standard InChI is InChI=1S/C13H18ClNO2.C3H8NO5P/c1-10-5-4-6-11(2)13(10)15(7-8-17-3)12(16)9-14;5-3(6)1-4-2-10(7,8)9/h4-6H,7-9H2,1-3H3;4H,1-2H2,(H,5,6)(H2,7,8,9). The van der Waals surface area contributed by atoms with Crippen LogP contribution in [0.3, 0.4) is 0 Å². The number of carboxylic acid groups (broad SMARTS) is 1. The molecular weight excluding hydrogens is 399 g/mol. The van der Waals surface area contributed by atoms with Crippen LogP contribution >= 0.6 is 19.2 Å². The molecule has 0 unspecified atom stereocenters. The number of anilines is 1. The number of alkyl halides is 1. The first kappa shape index (κ1) is 25.5. The monoisotopic (exact) mass is 424 g/mol. The highest BCUT2D eigenvalue weighted by atomic mass is 35.5. The average molecular weight is 425 g/mol. The van der Waals surface area contributed by atoms with Crippen LogP contribution < -0.4 is 10.2 Å². The number of carbonyl (C=O) groups is 2. The Morgan fingerprint density at radius 2 is 1.81 bits per heavy atom. The first-order valence-electron chi connectivity index (χ1n) is 7.92. The number of aliphatic carboxylic acids is 1. The number of halogens is 1. The van der Waals surface area contributed by atoms with E-state index in [0.29, 0.717) is 13.2 Å². The molecule has 0 spiro atoms. The first-order chi connectivity index (χ1) is 12.5. The van der Waals surface area contributed by atoms with Crippen molar-refractivity contribution in [2.75, 3.05) is 43.9 Å². The van der Waals surface area contributed by atoms with Crippen molar-refractivity contribution in [1.82, 2.24) is 5.32 Å². The second kappa shape index (κ2) is 12.8. The fraction of sp³-hybridized carbons (Fsp3) is 0.500. The van der Waals surface area contributed by atoms with Crippen molar-refractivity contribution in [2.45, 2.75) is 13.8 Å². The Hall–Kier alpha value is -1.48. The average Bonchev–Trinajstić information content (AvgIpc) is 2.56. The highest BCUT2D eigenvalue weighted by Gasteiger charge is 2.18. The number of carbonyl (C=O) groups excluding carboxylic acids is 1. The van der Waals surface area contributed by atoms with Crippen molar-refractivity contribution in [3.63, 3.8) is 0 Å². The molecule has 11 heteroatoms. The highest BCUT2D eigenvalue weighted by Crippen LogP contribution is 2.31. The van der Waals surface area contributed by atoms with E-state index in [4.69, 9.17) is 31.2 Å². The zero-order valence-electron chi connectivity index (χ0n) is 15.5. The minimum absolute atomic E-state index is 0.0164. The molecule has 0 atom stereocenters. The van der Waals surface area contributed by atoms with Crippen LogP contribution in [0.15, 0.2) is 18.2 Å². The van der Waals surface area contributed by atoms with Crippen LogP contribution in [-0.4, -0.2) is 65.7 Å². The summed E-state index contributed by atoms with van der Waals surface area (Å²) >= 11 is 5.65. The van der Waals surface area contributed by atoms with Crippen molar-refractivity contribution in [2.24, 2.45) is 0 Å². The highest BCUT2D eigenvalue weighted by molar-refractivity contribution is 7.51. The third-order valence-electron chi connectivity index (χ3n) is 3.24. The minimum Gasteiger partial charge on any atom is -0.480 e. The maximum atomic E-state index is 11.9. The Morgan fingerprint density at radius 1 is 1.26 bits per heavy atom. The maximum Gasteiger partial charge on any atom is 0.339 e. The molecule has 0 aliphatic heterocycles. The number of hydrogen-bond acceptors (Lipinski definition) is 5. The quantitative estimate of drug-likeness (QED) is 0.344. The van der Waals surface area contributed by atoms with E-state index in [9.17, 15) is 14.2 Å². The summed E-state index contributed by atoms with van der Waals surface area (Å²) in [7, 11) is -2.48. The third kappa shape index (κ3) is 11.1. The van der Waals surface area contributed by atoms with Gasteiger partial charge in [0.1, 0.15) is 5.88 Å². The van der Waals surface area contributed by atoms with Crippen molar-refractivity contribution < 1.29 is 33.8 Å². The van der Waals surface area contributed by atoms with Crippen LogP contribution in [0.25, 0.3) is 0 Å². The van der Waals surface area contributed by atoms with Crippen LogP contribution in [0, 0.1) is 13.8 Å². The maximum absolute atomic E-state index is 11.9. The number of ether oxygens (including phenoxy) is 1. The molecule has 0 saturated heterocycles. The van der Waals surface area contributed by atoms with Crippen molar-refractivity contribution in [3.05, 3.63) is 29.3 Å². The number of benzene rings is 1. The summed E-state index contributed by atoms with van der Waals surface area (Å²) in [5.41, 5.74) is 3.08. The van der Waals surface area contributed by atoms with Gasteiger partial charge in [-0.05, 0) is 25.0 Å². The smallest absolute Gasteiger partial charge is 0.339 e. The lowest BCUT2D eigenvalue weighted by molar-refractivity contribution is -0.135. The second-order valence-electron chi connectivity index (χ2n) is 5.56. The van der Waals surface area contributed by atoms with E-state index in [-0.39, 0.29) is 11.8 Å². The van der Waals surface area contributed by atoms with Gasteiger partial charge in [-0.1, -0.05) is 18.2 Å². The number of hydrogen-bond donors (Lipinski definition) is 4. The Bertz CT molecular complexity index is 646. The first-order valence-corrected chi connectivity index (χ1v) is 10.2. The summed E-state index contributed by atoms with van der Waals surface area (Å²) in [5, 5.41) is 10.1. The predicted octanol–water partition coefficient (Wildman–Crippen LogP) is 1.32. The van der Waals surface area contributed by atoms with Crippen LogP contribution in [-0.2, 0) is 18.9 Å². The van der Waals surface area contributed by atoms with Crippen molar-refractivity contribution in [3.8, 4) is 0 Å². The van der Waals surface area contributed by atoms with E-state index in [0.717, 1.165) is 16.8 Å². The lowest BCUT2D eigenvalue weighted by Gasteiger charge is -2.25. The fourth-order valence-corrected chi connectivity index (χ4v) is 2.70. The topological polar surface area (TPSA) is 136 Å². The summed E-state index contributed by atoms with van der Waals surface area (Å²) in [6.07, 6.45) is -0.598. The van der Waals surface area contributed by atoms with Gasteiger partial charge in [-0.15, -0.1) is 11.6 Å². The molecular formula is C16H26ClN2O7P. The van der Waals surface area contributed by atoms with E-state index in [1.807, 2.05) is 32.0 Å². The van der Waals surface area contributed by atoms with Crippen LogP contribution in [0.2, 0.25) is 0 Å². The summed E-state index contributed by atoms with van der Waals surface area (Å²) in [6.45, 7) is 4.56. The number of rotatable bonds is 9. The summed E-state index contributed by atoms with van der Waals surface area (Å²) in [6, 6.07) is 5.96. The van der Waals surface area contributed by atoms with Gasteiger partial charge >= 0.3 is 13.6 Å². The number of aryl methyl sites for hydroxylation is 2. The number of methoxy groups -OCH3 is 1. The van der Waals surface area contributed by atoms with Crippen LogP contribution in [0.4, 0.5) is 5.69 Å². The largest absolute Gasteiger partial charge is 0.480 e. The molecule has 0 saturated carbocycles. The molecule has 0 radical (unpaired) electrons. The molecule has 0 aliphatic carbocycles. The van der Waals surface area contributed by atoms with Crippen molar-refractivity contribution >= 4 is 36.8 Å². The number of carboxylic acids is 1. The number of para-hydroxylation sites is 1. The van der Waals surface area contributed by atoms with E-state index in [2.05, 4.69) is 5.32 Å². The molecule has 27 heavy (non-hydrogen) atoms. The number of nitrogens with one attached hydrogen (secondary N) is 1. The molecule has 1 rings (SSSR count). The third-order valence-corrected chi connectivity index (χ3v) is 4.10. The lowest BCUT2D eigenvalue weighted by Crippen LogP contribution is -2.35. The van der Waals surface area contributed by atoms with E-state index in [1.54, 1.807) is 12.0 Å². The predicted molar refractivity (Wildman–Crippen MR) is 103 cm³/mol. The number of nitrogens with zero attached hydrogens (tertiary/aromatic N) is 1. The van der Waals surface area contributed by atoms with Crippen LogP contribution in [0.5, 0.6) is 0 Å².